The fourth-order valence-corrected chi connectivity index (χ4v) is 3.88. The summed E-state index contributed by atoms with van der Waals surface area (Å²) < 4.78 is 48.7. The second-order valence-electron chi connectivity index (χ2n) is 12.4. The number of nitrogens with zero attached hydrogens (tertiary/aromatic N) is 6. The Morgan fingerprint density at radius 2 is 0.893 bits per heavy atom. The molecule has 0 aromatic heterocycles. The van der Waals surface area contributed by atoms with E-state index < -0.39 is 17.7 Å². The van der Waals surface area contributed by atoms with Crippen molar-refractivity contribution in [2.24, 2.45) is 10.2 Å². The van der Waals surface area contributed by atoms with Crippen LogP contribution < -0.4 is 21.3 Å². The molecule has 4 N–H and O–H groups in total. The Morgan fingerprint density at radius 1 is 0.518 bits per heavy atom. The average Bonchev–Trinajstić information content (AvgIpc) is 3.15. The van der Waals surface area contributed by atoms with Gasteiger partial charge in [-0.15, -0.1) is 0 Å². The van der Waals surface area contributed by atoms with E-state index >= 15 is 0 Å². The second kappa shape index (κ2) is 37.9. The highest BCUT2D eigenvalue weighted by Crippen LogP contribution is 2.06. The first-order valence-electron chi connectivity index (χ1n) is 18.5. The monoisotopic (exact) mass is 806 g/mol. The molecule has 0 saturated heterocycles. The molecular formula is C33H62N10O13. The molecule has 0 heterocycles. The zero-order valence-electron chi connectivity index (χ0n) is 33.0. The Bertz CT molecular complexity index is 1090. The molecule has 0 aromatic carbocycles. The standard InChI is InChI=1S/C33H62N10O13/c1-33(2,3)56-32(47)38-9-17-51-21-23-53-25-24-52-22-20-48-12-6-31(46)41-28(26-54-13-4-29(44)36-7-15-49-18-10-39-42-34)27-55-14-5-30(45)37-8-16-50-19-11-40-43-35/h28H,4-27H2,1-3H3,(H,36,44)(H,37,45)(H,38,47)(H,41,46). The quantitative estimate of drug-likeness (QED) is 0.0295. The minimum Gasteiger partial charge on any atom is -0.444 e. The maximum atomic E-state index is 12.6. The van der Waals surface area contributed by atoms with Crippen molar-refractivity contribution in [2.45, 2.75) is 51.7 Å². The first-order chi connectivity index (χ1) is 27.1. The molecule has 0 aromatic rings. The first-order valence-corrected chi connectivity index (χ1v) is 18.5. The van der Waals surface area contributed by atoms with Gasteiger partial charge < -0.3 is 63.9 Å². The van der Waals surface area contributed by atoms with Gasteiger partial charge in [0.25, 0.3) is 0 Å². The lowest BCUT2D eigenvalue weighted by molar-refractivity contribution is -0.126. The molecule has 4 amide bonds. The number of carbonyl (C=O) groups is 4. The van der Waals surface area contributed by atoms with E-state index in [1.807, 2.05) is 0 Å². The predicted molar refractivity (Wildman–Crippen MR) is 201 cm³/mol. The molecule has 0 bridgehead atoms. The number of amides is 4. The number of hydrogen-bond acceptors (Lipinski definition) is 15. The minimum atomic E-state index is -0.553. The first kappa shape index (κ1) is 52.0. The smallest absolute Gasteiger partial charge is 0.407 e. The summed E-state index contributed by atoms with van der Waals surface area (Å²) in [7, 11) is 0. The van der Waals surface area contributed by atoms with Gasteiger partial charge in [-0.1, -0.05) is 10.2 Å². The van der Waals surface area contributed by atoms with Gasteiger partial charge in [0.05, 0.1) is 112 Å². The van der Waals surface area contributed by atoms with Crippen LogP contribution in [0, 0.1) is 0 Å². The van der Waals surface area contributed by atoms with Gasteiger partial charge in [0.2, 0.25) is 17.7 Å². The van der Waals surface area contributed by atoms with Gasteiger partial charge in [-0.3, -0.25) is 14.4 Å². The fourth-order valence-electron chi connectivity index (χ4n) is 3.88. The number of rotatable bonds is 38. The van der Waals surface area contributed by atoms with E-state index in [1.165, 1.54) is 0 Å². The number of hydrogen-bond donors (Lipinski definition) is 4. The van der Waals surface area contributed by atoms with Crippen LogP contribution in [-0.2, 0) is 57.0 Å². The van der Waals surface area contributed by atoms with Crippen molar-refractivity contribution in [2.75, 3.05) is 138 Å². The average molecular weight is 807 g/mol. The van der Waals surface area contributed by atoms with Gasteiger partial charge in [0.1, 0.15) is 5.60 Å². The van der Waals surface area contributed by atoms with E-state index in [0.717, 1.165) is 0 Å². The topological polar surface area (TPSA) is 297 Å². The van der Waals surface area contributed by atoms with Crippen LogP contribution in [0.1, 0.15) is 40.0 Å². The number of azide groups is 2. The van der Waals surface area contributed by atoms with Gasteiger partial charge in [-0.05, 0) is 31.8 Å². The van der Waals surface area contributed by atoms with Crippen molar-refractivity contribution in [3.8, 4) is 0 Å². The maximum Gasteiger partial charge on any atom is 0.407 e. The third-order valence-electron chi connectivity index (χ3n) is 6.39. The summed E-state index contributed by atoms with van der Waals surface area (Å²) in [5.41, 5.74) is 15.9. The number of nitrogens with one attached hydrogen (secondary N) is 4. The highest BCUT2D eigenvalue weighted by atomic mass is 16.6. The van der Waals surface area contributed by atoms with Crippen molar-refractivity contribution in [1.29, 1.82) is 0 Å². The lowest BCUT2D eigenvalue weighted by Gasteiger charge is -2.19. The molecule has 23 nitrogen and oxygen atoms in total. The molecular weight excluding hydrogens is 744 g/mol. The van der Waals surface area contributed by atoms with E-state index in [9.17, 15) is 19.2 Å². The van der Waals surface area contributed by atoms with E-state index in [4.69, 9.17) is 53.7 Å². The van der Waals surface area contributed by atoms with E-state index in [2.05, 4.69) is 41.3 Å². The summed E-state index contributed by atoms with van der Waals surface area (Å²) >= 11 is 0. The Hall–Kier alpha value is -4.02. The third kappa shape index (κ3) is 39.7. The molecule has 0 unspecified atom stereocenters. The Labute approximate surface area is 328 Å². The van der Waals surface area contributed by atoms with Crippen molar-refractivity contribution >= 4 is 23.8 Å². The van der Waals surface area contributed by atoms with Crippen molar-refractivity contribution in [3.63, 3.8) is 0 Å². The minimum absolute atomic E-state index is 0.0646. The Morgan fingerprint density at radius 3 is 1.34 bits per heavy atom. The van der Waals surface area contributed by atoms with E-state index in [0.29, 0.717) is 59.3 Å². The van der Waals surface area contributed by atoms with Crippen LogP contribution in [0.4, 0.5) is 4.79 Å². The molecule has 0 saturated carbocycles. The molecule has 0 rings (SSSR count). The number of carbonyl (C=O) groups excluding carboxylic acids is 4. The lowest BCUT2D eigenvalue weighted by atomic mass is 10.2. The highest BCUT2D eigenvalue weighted by Gasteiger charge is 2.16. The molecule has 0 atom stereocenters. The molecule has 322 valence electrons. The number of alkyl carbamates (subject to hydrolysis) is 1. The normalized spacial score (nSPS) is 11.5. The molecule has 0 radical (unpaired) electrons. The van der Waals surface area contributed by atoms with Crippen LogP contribution in [0.25, 0.3) is 20.9 Å². The third-order valence-corrected chi connectivity index (χ3v) is 6.39. The van der Waals surface area contributed by atoms with E-state index in [-0.39, 0.29) is 116 Å². The van der Waals surface area contributed by atoms with Crippen LogP contribution in [0.3, 0.4) is 0 Å². The zero-order chi connectivity index (χ0) is 41.4. The molecule has 0 aliphatic heterocycles. The van der Waals surface area contributed by atoms with Gasteiger partial charge in [0.15, 0.2) is 0 Å². The zero-order valence-corrected chi connectivity index (χ0v) is 33.0. The summed E-state index contributed by atoms with van der Waals surface area (Å²) in [6.45, 7) is 10.7. The van der Waals surface area contributed by atoms with Gasteiger partial charge in [-0.25, -0.2) is 4.79 Å². The fraction of sp³-hybridized carbons (Fsp3) is 0.879. The molecule has 0 spiro atoms. The van der Waals surface area contributed by atoms with Crippen molar-refractivity contribution < 1.29 is 61.8 Å². The summed E-state index contributed by atoms with van der Waals surface area (Å²) in [5, 5.41) is 17.5. The molecule has 23 heteroatoms. The van der Waals surface area contributed by atoms with Gasteiger partial charge in [0, 0.05) is 61.8 Å². The Balaban J connectivity index is 4.23. The van der Waals surface area contributed by atoms with Crippen molar-refractivity contribution in [3.05, 3.63) is 20.9 Å². The second-order valence-corrected chi connectivity index (χ2v) is 12.4. The van der Waals surface area contributed by atoms with Crippen LogP contribution in [0.2, 0.25) is 0 Å². The SMILES string of the molecule is CC(C)(C)OC(=O)NCCOCCOCCOCCOCCC(=O)NC(COCCC(=O)NCCOCCN=[N+]=[N-])COCCC(=O)NCCOCCN=[N+]=[N-]. The molecule has 0 aliphatic rings. The summed E-state index contributed by atoms with van der Waals surface area (Å²) in [6, 6.07) is -0.551. The Kier molecular flexibility index (Phi) is 35.2. The van der Waals surface area contributed by atoms with Crippen molar-refractivity contribution in [1.82, 2.24) is 21.3 Å². The molecule has 56 heavy (non-hydrogen) atoms. The predicted octanol–water partition coefficient (Wildman–Crippen LogP) is 1.15. The maximum absolute atomic E-state index is 12.6. The highest BCUT2D eigenvalue weighted by molar-refractivity contribution is 5.77. The van der Waals surface area contributed by atoms with Gasteiger partial charge in [-0.2, -0.15) is 0 Å². The molecule has 0 fully saturated rings. The largest absolute Gasteiger partial charge is 0.444 e. The van der Waals surface area contributed by atoms with E-state index in [1.54, 1.807) is 20.8 Å². The lowest BCUT2D eigenvalue weighted by Crippen LogP contribution is -2.42. The number of ether oxygens (including phenoxy) is 9. The summed E-state index contributed by atoms with van der Waals surface area (Å²) in [5.74, 6) is -0.779. The van der Waals surface area contributed by atoms with Crippen LogP contribution in [0.15, 0.2) is 10.2 Å². The van der Waals surface area contributed by atoms with Crippen LogP contribution >= 0.6 is 0 Å². The van der Waals surface area contributed by atoms with Crippen LogP contribution in [-0.4, -0.2) is 174 Å². The molecule has 0 aliphatic carbocycles. The van der Waals surface area contributed by atoms with Crippen LogP contribution in [0.5, 0.6) is 0 Å². The van der Waals surface area contributed by atoms with Gasteiger partial charge >= 0.3 is 6.09 Å². The summed E-state index contributed by atoms with van der Waals surface area (Å²) in [4.78, 5) is 53.6. The summed E-state index contributed by atoms with van der Waals surface area (Å²) in [6.07, 6.45) is -0.243.